The zero-order valence-corrected chi connectivity index (χ0v) is 16.2. The third kappa shape index (κ3) is 3.12. The van der Waals surface area contributed by atoms with Crippen molar-refractivity contribution in [1.29, 1.82) is 0 Å². The van der Waals surface area contributed by atoms with E-state index in [2.05, 4.69) is 29.2 Å². The number of carbonyl (C=O) groups excluding carboxylic acids is 1. The number of fused-ring (bicyclic) bond motifs is 1. The molecule has 5 rings (SSSR count). The van der Waals surface area contributed by atoms with Gasteiger partial charge in [-0.25, -0.2) is 0 Å². The fourth-order valence-corrected chi connectivity index (χ4v) is 4.78. The minimum absolute atomic E-state index is 0.0253. The van der Waals surface area contributed by atoms with Crippen LogP contribution in [0.1, 0.15) is 36.3 Å². The molecular formula is C21H25ClN4O. The number of hydrogen-bond donors (Lipinski definition) is 1. The van der Waals surface area contributed by atoms with E-state index in [4.69, 9.17) is 22.3 Å². The van der Waals surface area contributed by atoms with Crippen molar-refractivity contribution in [3.05, 3.63) is 41.6 Å². The van der Waals surface area contributed by atoms with Crippen molar-refractivity contribution < 1.29 is 4.79 Å². The third-order valence-electron chi connectivity index (χ3n) is 6.45. The number of halogens is 1. The van der Waals surface area contributed by atoms with Crippen molar-refractivity contribution in [2.24, 2.45) is 5.73 Å². The van der Waals surface area contributed by atoms with Gasteiger partial charge >= 0.3 is 0 Å². The van der Waals surface area contributed by atoms with E-state index in [1.54, 1.807) is 0 Å². The first-order valence-electron chi connectivity index (χ1n) is 9.81. The SMILES string of the molecule is N[C@H]1C[C@@H]1c1cnc2c(CN3CCN(C(=O)CCl)C4(CC4)C3)cccc2c1. The minimum atomic E-state index is 0.0253. The number of rotatable bonds is 4. The van der Waals surface area contributed by atoms with Gasteiger partial charge in [0.05, 0.1) is 11.1 Å². The standard InChI is InChI=1S/C21H25ClN4O/c22-10-19(27)26-7-6-25(13-21(26)4-5-21)12-15-3-1-2-14-8-16(11-24-20(14)15)17-9-18(17)23/h1-3,8,11,17-18H,4-7,9-10,12-13,23H2/t17-,18+/m1/s1. The second-order valence-corrected chi connectivity index (χ2v) is 8.64. The normalized spacial score (nSPS) is 26.5. The van der Waals surface area contributed by atoms with Crippen LogP contribution in [0.5, 0.6) is 0 Å². The van der Waals surface area contributed by atoms with Gasteiger partial charge in [-0.3, -0.25) is 14.7 Å². The van der Waals surface area contributed by atoms with Crippen LogP contribution in [0.4, 0.5) is 0 Å². The van der Waals surface area contributed by atoms with Crippen molar-refractivity contribution in [1.82, 2.24) is 14.8 Å². The molecule has 142 valence electrons. The number of hydrogen-bond acceptors (Lipinski definition) is 4. The molecule has 0 bridgehead atoms. The lowest BCUT2D eigenvalue weighted by Crippen LogP contribution is -2.57. The zero-order chi connectivity index (χ0) is 18.6. The largest absolute Gasteiger partial charge is 0.333 e. The molecule has 3 aliphatic rings. The lowest BCUT2D eigenvalue weighted by molar-refractivity contribution is -0.134. The Kier molecular flexibility index (Phi) is 4.15. The van der Waals surface area contributed by atoms with E-state index < -0.39 is 0 Å². The van der Waals surface area contributed by atoms with E-state index in [0.717, 1.165) is 51.0 Å². The topological polar surface area (TPSA) is 62.5 Å². The van der Waals surface area contributed by atoms with Crippen molar-refractivity contribution in [3.8, 4) is 0 Å². The van der Waals surface area contributed by atoms with Crippen LogP contribution in [0.2, 0.25) is 0 Å². The van der Waals surface area contributed by atoms with Crippen molar-refractivity contribution in [2.75, 3.05) is 25.5 Å². The smallest absolute Gasteiger partial charge is 0.238 e. The summed E-state index contributed by atoms with van der Waals surface area (Å²) in [7, 11) is 0. The molecule has 1 aromatic carbocycles. The summed E-state index contributed by atoms with van der Waals surface area (Å²) >= 11 is 5.80. The van der Waals surface area contributed by atoms with Gasteiger partial charge in [-0.1, -0.05) is 18.2 Å². The van der Waals surface area contributed by atoms with E-state index in [1.165, 1.54) is 16.5 Å². The van der Waals surface area contributed by atoms with Gasteiger partial charge in [0, 0.05) is 49.7 Å². The Balaban J connectivity index is 1.35. The van der Waals surface area contributed by atoms with Crippen LogP contribution < -0.4 is 5.73 Å². The van der Waals surface area contributed by atoms with Gasteiger partial charge in [0.15, 0.2) is 0 Å². The average Bonchev–Trinajstić information content (AvgIpc) is 3.60. The molecule has 1 aliphatic heterocycles. The molecule has 0 unspecified atom stereocenters. The van der Waals surface area contributed by atoms with Crippen LogP contribution in [0, 0.1) is 0 Å². The molecule has 2 aromatic rings. The monoisotopic (exact) mass is 384 g/mol. The lowest BCUT2D eigenvalue weighted by atomic mass is 10.0. The summed E-state index contributed by atoms with van der Waals surface area (Å²) in [6, 6.07) is 8.99. The summed E-state index contributed by atoms with van der Waals surface area (Å²) in [6.07, 6.45) is 5.25. The molecule has 2 atom stereocenters. The number of piperazine rings is 1. The van der Waals surface area contributed by atoms with Crippen LogP contribution in [0.3, 0.4) is 0 Å². The first-order chi connectivity index (χ1) is 13.1. The summed E-state index contributed by atoms with van der Waals surface area (Å²) < 4.78 is 0. The van der Waals surface area contributed by atoms with Gasteiger partial charge in [0.1, 0.15) is 5.88 Å². The Labute approximate surface area is 164 Å². The summed E-state index contributed by atoms with van der Waals surface area (Å²) in [5.41, 5.74) is 9.63. The van der Waals surface area contributed by atoms with E-state index in [0.29, 0.717) is 12.0 Å². The molecule has 1 amide bonds. The predicted molar refractivity (Wildman–Crippen MR) is 107 cm³/mol. The maximum absolute atomic E-state index is 12.1. The highest BCUT2D eigenvalue weighted by Gasteiger charge is 2.52. The van der Waals surface area contributed by atoms with Crippen LogP contribution >= 0.6 is 11.6 Å². The molecule has 1 spiro atoms. The summed E-state index contributed by atoms with van der Waals surface area (Å²) in [5.74, 6) is 0.640. The van der Waals surface area contributed by atoms with E-state index >= 15 is 0 Å². The van der Waals surface area contributed by atoms with Crippen LogP contribution in [-0.4, -0.2) is 57.8 Å². The Morgan fingerprint density at radius 1 is 1.33 bits per heavy atom. The second-order valence-electron chi connectivity index (χ2n) is 8.38. The number of para-hydroxylation sites is 1. The summed E-state index contributed by atoms with van der Waals surface area (Å²) in [5, 5.41) is 1.20. The summed E-state index contributed by atoms with van der Waals surface area (Å²) in [6.45, 7) is 3.46. The van der Waals surface area contributed by atoms with E-state index in [1.807, 2.05) is 11.1 Å². The van der Waals surface area contributed by atoms with Crippen molar-refractivity contribution in [2.45, 2.75) is 43.3 Å². The number of aromatic nitrogens is 1. The maximum atomic E-state index is 12.1. The number of amides is 1. The fraction of sp³-hybridized carbons (Fsp3) is 0.524. The molecule has 0 radical (unpaired) electrons. The molecule has 1 aromatic heterocycles. The Bertz CT molecular complexity index is 897. The minimum Gasteiger partial charge on any atom is -0.333 e. The molecule has 2 aliphatic carbocycles. The first kappa shape index (κ1) is 17.4. The Morgan fingerprint density at radius 2 is 2.15 bits per heavy atom. The van der Waals surface area contributed by atoms with Crippen molar-refractivity contribution in [3.63, 3.8) is 0 Å². The van der Waals surface area contributed by atoms with Crippen LogP contribution in [-0.2, 0) is 11.3 Å². The predicted octanol–water partition coefficient (Wildman–Crippen LogP) is 2.46. The number of nitrogens with two attached hydrogens (primary N) is 1. The van der Waals surface area contributed by atoms with Crippen LogP contribution in [0.15, 0.2) is 30.5 Å². The summed E-state index contributed by atoms with van der Waals surface area (Å²) in [4.78, 5) is 21.4. The molecule has 2 saturated carbocycles. The zero-order valence-electron chi connectivity index (χ0n) is 15.4. The van der Waals surface area contributed by atoms with Crippen LogP contribution in [0.25, 0.3) is 10.9 Å². The number of benzene rings is 1. The van der Waals surface area contributed by atoms with Gasteiger partial charge in [-0.2, -0.15) is 0 Å². The molecule has 1 saturated heterocycles. The highest BCUT2D eigenvalue weighted by molar-refractivity contribution is 6.27. The highest BCUT2D eigenvalue weighted by atomic mass is 35.5. The number of alkyl halides is 1. The molecule has 2 N–H and O–H groups in total. The van der Waals surface area contributed by atoms with Crippen molar-refractivity contribution >= 4 is 28.4 Å². The Hall–Kier alpha value is -1.69. The molecule has 6 heteroatoms. The van der Waals surface area contributed by atoms with Gasteiger partial charge in [0.25, 0.3) is 0 Å². The highest BCUT2D eigenvalue weighted by Crippen LogP contribution is 2.45. The molecule has 2 heterocycles. The lowest BCUT2D eigenvalue weighted by Gasteiger charge is -2.42. The average molecular weight is 385 g/mol. The van der Waals surface area contributed by atoms with Gasteiger partial charge < -0.3 is 10.6 Å². The number of carbonyl (C=O) groups is 1. The molecule has 27 heavy (non-hydrogen) atoms. The Morgan fingerprint density at radius 3 is 2.85 bits per heavy atom. The van der Waals surface area contributed by atoms with Gasteiger partial charge in [-0.05, 0) is 36.5 Å². The van der Waals surface area contributed by atoms with Gasteiger partial charge in [-0.15, -0.1) is 11.6 Å². The van der Waals surface area contributed by atoms with E-state index in [-0.39, 0.29) is 17.3 Å². The third-order valence-corrected chi connectivity index (χ3v) is 6.68. The molecule has 3 fully saturated rings. The quantitative estimate of drug-likeness (QED) is 0.822. The number of pyridine rings is 1. The van der Waals surface area contributed by atoms with E-state index in [9.17, 15) is 4.79 Å². The van der Waals surface area contributed by atoms with Gasteiger partial charge in [0.2, 0.25) is 5.91 Å². The molecule has 5 nitrogen and oxygen atoms in total. The maximum Gasteiger partial charge on any atom is 0.238 e. The first-order valence-corrected chi connectivity index (χ1v) is 10.3. The molecular weight excluding hydrogens is 360 g/mol. The second kappa shape index (κ2) is 6.43. The number of nitrogens with zero attached hydrogens (tertiary/aromatic N) is 3. The fourth-order valence-electron chi connectivity index (χ4n) is 4.64.